The molecule has 0 unspecified atom stereocenters. The van der Waals surface area contributed by atoms with Gasteiger partial charge in [0, 0.05) is 18.6 Å². The predicted octanol–water partition coefficient (Wildman–Crippen LogP) is 3.89. The number of hydrogen-bond donors (Lipinski definition) is 0. The first-order chi connectivity index (χ1) is 7.93. The van der Waals surface area contributed by atoms with Gasteiger partial charge in [0.15, 0.2) is 0 Å². The average Bonchev–Trinajstić information content (AvgIpc) is 2.26. The summed E-state index contributed by atoms with van der Waals surface area (Å²) < 4.78 is 36.9. The lowest BCUT2D eigenvalue weighted by Crippen LogP contribution is -2.17. The van der Waals surface area contributed by atoms with E-state index in [4.69, 9.17) is 11.6 Å². The van der Waals surface area contributed by atoms with E-state index in [1.165, 1.54) is 17.7 Å². The third kappa shape index (κ3) is 4.79. The minimum atomic E-state index is -4.27. The van der Waals surface area contributed by atoms with Gasteiger partial charge in [-0.1, -0.05) is 29.8 Å². The molecule has 0 amide bonds. The van der Waals surface area contributed by atoms with E-state index in [1.54, 1.807) is 6.08 Å². The zero-order chi connectivity index (χ0) is 12.9. The molecule has 0 saturated carbocycles. The first-order valence-corrected chi connectivity index (χ1v) is 5.47. The van der Waals surface area contributed by atoms with E-state index in [1.807, 2.05) is 11.9 Å². The zero-order valence-electron chi connectivity index (χ0n) is 9.34. The molecule has 0 aliphatic rings. The van der Waals surface area contributed by atoms with E-state index in [2.05, 4.69) is 0 Å². The Morgan fingerprint density at radius 1 is 1.24 bits per heavy atom. The van der Waals surface area contributed by atoms with Gasteiger partial charge in [-0.3, -0.25) is 4.90 Å². The number of hydrogen-bond acceptors (Lipinski definition) is 1. The van der Waals surface area contributed by atoms with Crippen molar-refractivity contribution >= 4 is 11.6 Å². The quantitative estimate of drug-likeness (QED) is 0.797. The molecule has 17 heavy (non-hydrogen) atoms. The van der Waals surface area contributed by atoms with E-state index >= 15 is 0 Å². The molecule has 0 radical (unpaired) electrons. The number of nitrogens with zero attached hydrogens (tertiary/aromatic N) is 1. The van der Waals surface area contributed by atoms with Gasteiger partial charge in [-0.25, -0.2) is 0 Å². The lowest BCUT2D eigenvalue weighted by molar-refractivity contribution is -0.137. The normalized spacial score (nSPS) is 12.6. The second-order valence-electron chi connectivity index (χ2n) is 3.75. The Morgan fingerprint density at radius 2 is 1.82 bits per heavy atom. The third-order valence-electron chi connectivity index (χ3n) is 2.24. The van der Waals surface area contributed by atoms with Crippen molar-refractivity contribution in [3.05, 3.63) is 47.0 Å². The molecule has 1 nitrogen and oxygen atoms in total. The summed E-state index contributed by atoms with van der Waals surface area (Å²) in [5.41, 5.74) is 1.64. The second-order valence-corrected chi connectivity index (χ2v) is 4.01. The van der Waals surface area contributed by atoms with Crippen molar-refractivity contribution in [1.82, 2.24) is 4.90 Å². The molecule has 94 valence electrons. The van der Waals surface area contributed by atoms with Gasteiger partial charge in [0.05, 0.1) is 5.56 Å². The van der Waals surface area contributed by atoms with E-state index < -0.39 is 11.7 Å². The fourth-order valence-electron chi connectivity index (χ4n) is 1.40. The molecule has 0 saturated heterocycles. The number of alkyl halides is 3. The van der Waals surface area contributed by atoms with Crippen molar-refractivity contribution in [2.75, 3.05) is 13.6 Å². The highest BCUT2D eigenvalue weighted by atomic mass is 35.5. The fraction of sp³-hybridized carbons (Fsp3) is 0.333. The van der Waals surface area contributed by atoms with Gasteiger partial charge in [0.1, 0.15) is 0 Å². The maximum absolute atomic E-state index is 12.3. The molecule has 0 fully saturated rings. The van der Waals surface area contributed by atoms with Crippen LogP contribution in [0.5, 0.6) is 0 Å². The van der Waals surface area contributed by atoms with Gasteiger partial charge in [-0.15, -0.1) is 0 Å². The molecule has 5 heteroatoms. The van der Waals surface area contributed by atoms with Crippen LogP contribution < -0.4 is 0 Å². The van der Waals surface area contributed by atoms with Gasteiger partial charge in [0.2, 0.25) is 0 Å². The SMILES string of the molecule is CN(C/C=C/Cl)Cc1ccc(C(F)(F)F)cc1. The van der Waals surface area contributed by atoms with Crippen molar-refractivity contribution in [3.8, 4) is 0 Å². The Balaban J connectivity index is 2.62. The van der Waals surface area contributed by atoms with Crippen molar-refractivity contribution in [2.24, 2.45) is 0 Å². The lowest BCUT2D eigenvalue weighted by Gasteiger charge is -2.14. The number of benzene rings is 1. The summed E-state index contributed by atoms with van der Waals surface area (Å²) in [5, 5.41) is 0. The molecule has 1 aromatic rings. The molecule has 0 aliphatic heterocycles. The Morgan fingerprint density at radius 3 is 2.29 bits per heavy atom. The van der Waals surface area contributed by atoms with E-state index in [-0.39, 0.29) is 0 Å². The summed E-state index contributed by atoms with van der Waals surface area (Å²) in [5.74, 6) is 0. The summed E-state index contributed by atoms with van der Waals surface area (Å²) in [6.45, 7) is 1.24. The van der Waals surface area contributed by atoms with E-state index in [0.717, 1.165) is 17.7 Å². The maximum Gasteiger partial charge on any atom is 0.416 e. The largest absolute Gasteiger partial charge is 0.416 e. The summed E-state index contributed by atoms with van der Waals surface area (Å²) in [4.78, 5) is 1.95. The molecule has 0 bridgehead atoms. The summed E-state index contributed by atoms with van der Waals surface area (Å²) in [6.07, 6.45) is -2.50. The summed E-state index contributed by atoms with van der Waals surface area (Å²) >= 11 is 5.39. The van der Waals surface area contributed by atoms with Crippen LogP contribution in [0.3, 0.4) is 0 Å². The van der Waals surface area contributed by atoms with Crippen LogP contribution in [0.15, 0.2) is 35.9 Å². The monoisotopic (exact) mass is 263 g/mol. The van der Waals surface area contributed by atoms with Crippen molar-refractivity contribution < 1.29 is 13.2 Å². The van der Waals surface area contributed by atoms with E-state index in [0.29, 0.717) is 13.1 Å². The number of rotatable bonds is 4. The van der Waals surface area contributed by atoms with Gasteiger partial charge in [-0.05, 0) is 24.7 Å². The van der Waals surface area contributed by atoms with Crippen LogP contribution >= 0.6 is 11.6 Å². The summed E-state index contributed by atoms with van der Waals surface area (Å²) in [6, 6.07) is 5.18. The smallest absolute Gasteiger partial charge is 0.298 e. The molecule has 0 heterocycles. The van der Waals surface area contributed by atoms with Crippen molar-refractivity contribution in [1.29, 1.82) is 0 Å². The molecular formula is C12H13ClF3N. The first kappa shape index (κ1) is 14.1. The van der Waals surface area contributed by atoms with Gasteiger partial charge < -0.3 is 0 Å². The van der Waals surface area contributed by atoms with Gasteiger partial charge in [0.25, 0.3) is 0 Å². The molecular weight excluding hydrogens is 251 g/mol. The second kappa shape index (κ2) is 6.07. The highest BCUT2D eigenvalue weighted by molar-refractivity contribution is 6.25. The molecule has 0 aliphatic carbocycles. The Hall–Kier alpha value is -1.00. The third-order valence-corrected chi connectivity index (χ3v) is 2.42. The van der Waals surface area contributed by atoms with Crippen LogP contribution in [0, 0.1) is 0 Å². The number of likely N-dealkylation sites (N-methyl/N-ethyl adjacent to an activating group) is 1. The molecule has 0 atom stereocenters. The van der Waals surface area contributed by atoms with Crippen LogP contribution in [0.1, 0.15) is 11.1 Å². The molecule has 0 N–H and O–H groups in total. The molecule has 1 rings (SSSR count). The highest BCUT2D eigenvalue weighted by Crippen LogP contribution is 2.29. The number of halogens is 4. The Labute approximate surface area is 103 Å². The minimum absolute atomic E-state index is 0.583. The Kier molecular flexibility index (Phi) is 5.02. The van der Waals surface area contributed by atoms with Crippen LogP contribution in [0.2, 0.25) is 0 Å². The van der Waals surface area contributed by atoms with Crippen LogP contribution in [0.4, 0.5) is 13.2 Å². The van der Waals surface area contributed by atoms with Gasteiger partial charge in [-0.2, -0.15) is 13.2 Å². The van der Waals surface area contributed by atoms with Crippen LogP contribution in [0.25, 0.3) is 0 Å². The van der Waals surface area contributed by atoms with Crippen LogP contribution in [-0.2, 0) is 12.7 Å². The van der Waals surface area contributed by atoms with Crippen molar-refractivity contribution in [3.63, 3.8) is 0 Å². The first-order valence-electron chi connectivity index (χ1n) is 5.03. The molecule has 1 aromatic carbocycles. The standard InChI is InChI=1S/C12H13ClF3N/c1-17(8-2-7-13)9-10-3-5-11(6-4-10)12(14,15)16/h2-7H,8-9H2,1H3/b7-2+. The average molecular weight is 264 g/mol. The summed E-state index contributed by atoms with van der Waals surface area (Å²) in [7, 11) is 1.87. The minimum Gasteiger partial charge on any atom is -0.298 e. The van der Waals surface area contributed by atoms with Crippen molar-refractivity contribution in [2.45, 2.75) is 12.7 Å². The zero-order valence-corrected chi connectivity index (χ0v) is 10.1. The fourth-order valence-corrected chi connectivity index (χ4v) is 1.47. The molecule has 0 aromatic heterocycles. The highest BCUT2D eigenvalue weighted by Gasteiger charge is 2.29. The maximum atomic E-state index is 12.3. The van der Waals surface area contributed by atoms with Crippen LogP contribution in [-0.4, -0.2) is 18.5 Å². The molecule has 0 spiro atoms. The Bertz CT molecular complexity index is 370. The topological polar surface area (TPSA) is 3.24 Å². The lowest BCUT2D eigenvalue weighted by atomic mass is 10.1. The van der Waals surface area contributed by atoms with E-state index in [9.17, 15) is 13.2 Å². The predicted molar refractivity (Wildman–Crippen MR) is 62.8 cm³/mol. The van der Waals surface area contributed by atoms with Gasteiger partial charge >= 0.3 is 6.18 Å².